The molecule has 4 N–H and O–H groups in total. The van der Waals surface area contributed by atoms with E-state index in [2.05, 4.69) is 31.2 Å². The largest absolute Gasteiger partial charge is 0.496 e. The molecule has 2 aliphatic heterocycles. The van der Waals surface area contributed by atoms with Crippen molar-refractivity contribution < 1.29 is 14.3 Å². The lowest BCUT2D eigenvalue weighted by Gasteiger charge is -2.17. The van der Waals surface area contributed by atoms with Gasteiger partial charge >= 0.3 is 0 Å². The number of benzene rings is 2. The molecule has 0 aliphatic carbocycles. The Morgan fingerprint density at radius 1 is 0.827 bits per heavy atom. The smallest absolute Gasteiger partial charge is 0.262 e. The van der Waals surface area contributed by atoms with Crippen LogP contribution >= 0.6 is 34.8 Å². The van der Waals surface area contributed by atoms with Gasteiger partial charge in [-0.1, -0.05) is 71.2 Å². The number of carbonyl (C=O) groups excluding carboxylic acids is 2. The van der Waals surface area contributed by atoms with Crippen LogP contribution < -0.4 is 31.6 Å². The molecule has 5 heterocycles. The first-order valence-corrected chi connectivity index (χ1v) is 18.2. The van der Waals surface area contributed by atoms with Crippen LogP contribution in [0.3, 0.4) is 0 Å². The van der Waals surface area contributed by atoms with Crippen LogP contribution in [0.2, 0.25) is 15.2 Å². The van der Waals surface area contributed by atoms with Gasteiger partial charge in [-0.25, -0.2) is 9.97 Å². The molecule has 268 valence electrons. The zero-order valence-corrected chi connectivity index (χ0v) is 30.5. The van der Waals surface area contributed by atoms with Crippen LogP contribution in [0.4, 0.5) is 0 Å². The maximum absolute atomic E-state index is 13.3. The maximum Gasteiger partial charge on any atom is 0.262 e. The molecule has 11 nitrogen and oxygen atoms in total. The number of nitrogens with one attached hydrogen (secondary N) is 4. The summed E-state index contributed by atoms with van der Waals surface area (Å²) in [6.45, 7) is 1.95. The zero-order valence-electron chi connectivity index (χ0n) is 28.3. The fourth-order valence-electron chi connectivity index (χ4n) is 6.71. The van der Waals surface area contributed by atoms with Gasteiger partial charge in [-0.2, -0.15) is 0 Å². The van der Waals surface area contributed by atoms with Crippen molar-refractivity contribution in [3.05, 3.63) is 104 Å². The first-order valence-electron chi connectivity index (χ1n) is 17.0. The van der Waals surface area contributed by atoms with Gasteiger partial charge in [-0.3, -0.25) is 18.8 Å². The van der Waals surface area contributed by atoms with Crippen molar-refractivity contribution in [1.29, 1.82) is 0 Å². The monoisotopic (exact) mass is 759 g/mol. The molecule has 3 aromatic heterocycles. The van der Waals surface area contributed by atoms with Gasteiger partial charge in [0, 0.05) is 103 Å². The SMILES string of the molecule is COc1cc(-c2cccc(-c3cccc(-c4ccn5c(=O)c(CNC[C@H]6CCC(=O)N6)cnc5c4)c3Cl)c2Cl)nc(Cl)c1CNC[C@H]1CCC(=O)N1. The third kappa shape index (κ3) is 7.51. The molecule has 2 aromatic carbocycles. The quantitative estimate of drug-likeness (QED) is 0.117. The lowest BCUT2D eigenvalue weighted by Crippen LogP contribution is -2.36. The summed E-state index contributed by atoms with van der Waals surface area (Å²) in [5.74, 6) is 0.684. The highest BCUT2D eigenvalue weighted by Gasteiger charge is 2.23. The van der Waals surface area contributed by atoms with Crippen molar-refractivity contribution in [3.63, 3.8) is 0 Å². The van der Waals surface area contributed by atoms with E-state index in [1.807, 2.05) is 54.6 Å². The van der Waals surface area contributed by atoms with E-state index < -0.39 is 0 Å². The summed E-state index contributed by atoms with van der Waals surface area (Å²) in [6.07, 6.45) is 5.93. The average molecular weight is 761 g/mol. The summed E-state index contributed by atoms with van der Waals surface area (Å²) >= 11 is 20.9. The Kier molecular flexibility index (Phi) is 10.8. The topological polar surface area (TPSA) is 139 Å². The van der Waals surface area contributed by atoms with Gasteiger partial charge in [0.1, 0.15) is 16.5 Å². The highest BCUT2D eigenvalue weighted by atomic mass is 35.5. The minimum Gasteiger partial charge on any atom is -0.496 e. The fraction of sp³-hybridized carbons (Fsp3) is 0.289. The lowest BCUT2D eigenvalue weighted by atomic mass is 9.97. The molecule has 2 saturated heterocycles. The average Bonchev–Trinajstić information content (AvgIpc) is 3.76. The molecule has 0 unspecified atom stereocenters. The fourth-order valence-corrected chi connectivity index (χ4v) is 7.63. The van der Waals surface area contributed by atoms with Gasteiger partial charge in [-0.15, -0.1) is 0 Å². The van der Waals surface area contributed by atoms with Crippen molar-refractivity contribution in [3.8, 4) is 39.3 Å². The second kappa shape index (κ2) is 15.6. The van der Waals surface area contributed by atoms with Crippen LogP contribution in [0.15, 0.2) is 71.8 Å². The van der Waals surface area contributed by atoms with E-state index in [0.717, 1.165) is 24.0 Å². The van der Waals surface area contributed by atoms with E-state index in [9.17, 15) is 14.4 Å². The Bertz CT molecular complexity index is 2250. The van der Waals surface area contributed by atoms with Crippen LogP contribution in [0, 0.1) is 0 Å². The number of nitrogens with zero attached hydrogens (tertiary/aromatic N) is 3. The minimum absolute atomic E-state index is 0.0564. The molecule has 2 amide bonds. The van der Waals surface area contributed by atoms with Gasteiger partial charge < -0.3 is 26.0 Å². The lowest BCUT2D eigenvalue weighted by molar-refractivity contribution is -0.120. The molecule has 7 rings (SSSR count). The van der Waals surface area contributed by atoms with Gasteiger partial charge in [0.25, 0.3) is 5.56 Å². The van der Waals surface area contributed by atoms with E-state index >= 15 is 0 Å². The Balaban J connectivity index is 1.12. The molecular weight excluding hydrogens is 725 g/mol. The summed E-state index contributed by atoms with van der Waals surface area (Å²) in [7, 11) is 1.58. The number of aromatic nitrogens is 3. The normalized spacial score (nSPS) is 17.1. The Morgan fingerprint density at radius 3 is 2.08 bits per heavy atom. The highest BCUT2D eigenvalue weighted by Crippen LogP contribution is 2.43. The summed E-state index contributed by atoms with van der Waals surface area (Å²) in [4.78, 5) is 45.5. The molecule has 0 spiro atoms. The van der Waals surface area contributed by atoms with E-state index in [1.165, 1.54) is 4.40 Å². The number of fused-ring (bicyclic) bond motifs is 1. The van der Waals surface area contributed by atoms with Crippen molar-refractivity contribution in [1.82, 2.24) is 35.6 Å². The van der Waals surface area contributed by atoms with Gasteiger partial charge in [0.15, 0.2) is 0 Å². The predicted molar refractivity (Wildman–Crippen MR) is 203 cm³/mol. The molecule has 0 bridgehead atoms. The third-order valence-electron chi connectivity index (χ3n) is 9.48. The number of rotatable bonds is 12. The number of hydrogen-bond acceptors (Lipinski definition) is 8. The van der Waals surface area contributed by atoms with Crippen LogP contribution in [0.5, 0.6) is 5.75 Å². The van der Waals surface area contributed by atoms with Crippen LogP contribution in [0.1, 0.15) is 36.8 Å². The molecule has 0 radical (unpaired) electrons. The van der Waals surface area contributed by atoms with Crippen molar-refractivity contribution in [2.75, 3.05) is 20.2 Å². The van der Waals surface area contributed by atoms with Gasteiger partial charge in [0.05, 0.1) is 22.8 Å². The number of carbonyl (C=O) groups is 2. The van der Waals surface area contributed by atoms with Gasteiger partial charge in [-0.05, 0) is 30.5 Å². The number of hydrogen-bond donors (Lipinski definition) is 4. The standard InChI is InChI=1S/C38H36Cl3N7O4/c1-52-31-15-30(47-37(41)29(31)20-43-19-24-9-11-34(50)46-24)28-7-3-6-27(36(28)40)26-5-2-4-25(35(26)39)21-12-13-48-32(14-21)44-17-22(38(48)51)16-42-18-23-8-10-33(49)45-23/h2-7,12-15,17,23-24,42-43H,8-11,16,18-20H2,1H3,(H,45,49)(H,46,50)/t23-,24-/m1/s1. The Labute approximate surface area is 315 Å². The molecule has 14 heteroatoms. The number of amides is 2. The van der Waals surface area contributed by atoms with E-state index in [-0.39, 0.29) is 34.6 Å². The van der Waals surface area contributed by atoms with Crippen molar-refractivity contribution in [2.24, 2.45) is 0 Å². The first-order chi connectivity index (χ1) is 25.2. The molecule has 2 aliphatic rings. The Morgan fingerprint density at radius 2 is 1.44 bits per heavy atom. The van der Waals surface area contributed by atoms with Crippen LogP contribution in [0.25, 0.3) is 39.2 Å². The summed E-state index contributed by atoms with van der Waals surface area (Å²) < 4.78 is 7.22. The number of ether oxygens (including phenoxy) is 1. The molecule has 2 atom stereocenters. The molecule has 0 saturated carbocycles. The van der Waals surface area contributed by atoms with E-state index in [0.29, 0.717) is 94.0 Å². The molecule has 5 aromatic rings. The molecular formula is C38H36Cl3N7O4. The Hall–Kier alpha value is -4.52. The highest BCUT2D eigenvalue weighted by molar-refractivity contribution is 6.39. The van der Waals surface area contributed by atoms with Crippen molar-refractivity contribution in [2.45, 2.75) is 50.9 Å². The van der Waals surface area contributed by atoms with Crippen LogP contribution in [-0.2, 0) is 22.7 Å². The number of pyridine rings is 2. The summed E-state index contributed by atoms with van der Waals surface area (Å²) in [5.41, 5.74) is 5.69. The second-order valence-electron chi connectivity index (χ2n) is 12.9. The van der Waals surface area contributed by atoms with Gasteiger partial charge in [0.2, 0.25) is 11.8 Å². The first kappa shape index (κ1) is 35.9. The molecule has 2 fully saturated rings. The number of halogens is 3. The van der Waals surface area contributed by atoms with Crippen molar-refractivity contribution >= 4 is 52.3 Å². The summed E-state index contributed by atoms with van der Waals surface area (Å²) in [6, 6.07) is 17.0. The predicted octanol–water partition coefficient (Wildman–Crippen LogP) is 5.80. The third-order valence-corrected chi connectivity index (χ3v) is 10.6. The van der Waals surface area contributed by atoms with E-state index in [4.69, 9.17) is 39.5 Å². The number of methoxy groups -OCH3 is 1. The zero-order chi connectivity index (χ0) is 36.4. The van der Waals surface area contributed by atoms with E-state index in [1.54, 1.807) is 19.5 Å². The van der Waals surface area contributed by atoms with Crippen LogP contribution in [-0.4, -0.2) is 58.5 Å². The maximum atomic E-state index is 13.3. The minimum atomic E-state index is -0.170. The second-order valence-corrected chi connectivity index (χ2v) is 14.0. The molecule has 52 heavy (non-hydrogen) atoms. The summed E-state index contributed by atoms with van der Waals surface area (Å²) in [5, 5.41) is 13.7.